The van der Waals surface area contributed by atoms with Gasteiger partial charge in [0.2, 0.25) is 0 Å². The van der Waals surface area contributed by atoms with Crippen molar-refractivity contribution >= 4 is 5.69 Å². The lowest BCUT2D eigenvalue weighted by atomic mass is 10.1. The molecule has 0 saturated heterocycles. The second-order valence-corrected chi connectivity index (χ2v) is 3.98. The van der Waals surface area contributed by atoms with E-state index in [1.54, 1.807) is 7.11 Å². The summed E-state index contributed by atoms with van der Waals surface area (Å²) in [7, 11) is 3.77. The summed E-state index contributed by atoms with van der Waals surface area (Å²) < 4.78 is 5.20. The molecular formula is C12H17NO2. The van der Waals surface area contributed by atoms with E-state index in [9.17, 15) is 0 Å². The first kappa shape index (κ1) is 10.3. The van der Waals surface area contributed by atoms with E-state index >= 15 is 0 Å². The molecule has 1 atom stereocenters. The molecule has 1 heterocycles. The van der Waals surface area contributed by atoms with Gasteiger partial charge in [-0.15, -0.1) is 0 Å². The van der Waals surface area contributed by atoms with Crippen molar-refractivity contribution in [2.24, 2.45) is 0 Å². The summed E-state index contributed by atoms with van der Waals surface area (Å²) in [6, 6.07) is 6.59. The zero-order chi connectivity index (χ0) is 10.8. The number of nitrogens with zero attached hydrogens (tertiary/aromatic N) is 1. The first-order valence-corrected chi connectivity index (χ1v) is 5.27. The number of ether oxygens (including phenoxy) is 1. The molecule has 15 heavy (non-hydrogen) atoms. The fourth-order valence-corrected chi connectivity index (χ4v) is 2.23. The highest BCUT2D eigenvalue weighted by Gasteiger charge is 2.25. The van der Waals surface area contributed by atoms with Crippen LogP contribution in [0, 0.1) is 0 Å². The lowest BCUT2D eigenvalue weighted by Gasteiger charge is -2.21. The van der Waals surface area contributed by atoms with Crippen molar-refractivity contribution in [1.82, 2.24) is 0 Å². The molecule has 0 aromatic heterocycles. The number of aliphatic hydroxyl groups excluding tert-OH is 1. The quantitative estimate of drug-likeness (QED) is 0.814. The number of benzene rings is 1. The van der Waals surface area contributed by atoms with Gasteiger partial charge >= 0.3 is 0 Å². The molecule has 1 N–H and O–H groups in total. The maximum atomic E-state index is 8.97. The molecule has 0 spiro atoms. The first-order valence-electron chi connectivity index (χ1n) is 5.27. The molecule has 3 nitrogen and oxygen atoms in total. The minimum absolute atomic E-state index is 0.250. The van der Waals surface area contributed by atoms with E-state index in [4.69, 9.17) is 9.84 Å². The lowest BCUT2D eigenvalue weighted by molar-refractivity contribution is 0.275. The molecule has 0 fully saturated rings. The van der Waals surface area contributed by atoms with Gasteiger partial charge in [-0.3, -0.25) is 0 Å². The topological polar surface area (TPSA) is 32.7 Å². The van der Waals surface area contributed by atoms with E-state index in [0.717, 1.165) is 18.6 Å². The molecule has 1 aliphatic heterocycles. The number of likely N-dealkylation sites (N-methyl/N-ethyl adjacent to an activating group) is 1. The monoisotopic (exact) mass is 207 g/mol. The largest absolute Gasteiger partial charge is 0.497 e. The average Bonchev–Trinajstić information content (AvgIpc) is 2.56. The van der Waals surface area contributed by atoms with Gasteiger partial charge < -0.3 is 14.7 Å². The first-order chi connectivity index (χ1) is 7.26. The van der Waals surface area contributed by atoms with Crippen molar-refractivity contribution in [3.05, 3.63) is 23.8 Å². The SMILES string of the molecule is COc1ccc2c(c1)CC(CCO)N2C. The van der Waals surface area contributed by atoms with Crippen molar-refractivity contribution in [3.63, 3.8) is 0 Å². The van der Waals surface area contributed by atoms with Crippen molar-refractivity contribution in [2.75, 3.05) is 25.7 Å². The van der Waals surface area contributed by atoms with Gasteiger partial charge in [-0.1, -0.05) is 0 Å². The average molecular weight is 207 g/mol. The number of aliphatic hydroxyl groups is 1. The van der Waals surface area contributed by atoms with Crippen LogP contribution >= 0.6 is 0 Å². The molecule has 3 heteroatoms. The second kappa shape index (κ2) is 4.11. The molecule has 1 unspecified atom stereocenters. The minimum Gasteiger partial charge on any atom is -0.497 e. The normalized spacial score (nSPS) is 19.1. The Morgan fingerprint density at radius 2 is 2.33 bits per heavy atom. The third-order valence-corrected chi connectivity index (χ3v) is 3.13. The Hall–Kier alpha value is -1.22. The maximum Gasteiger partial charge on any atom is 0.119 e. The van der Waals surface area contributed by atoms with Gasteiger partial charge in [-0.25, -0.2) is 0 Å². The third-order valence-electron chi connectivity index (χ3n) is 3.13. The number of hydrogen-bond acceptors (Lipinski definition) is 3. The Labute approximate surface area is 90.3 Å². The van der Waals surface area contributed by atoms with Crippen LogP contribution in [-0.4, -0.2) is 31.9 Å². The molecule has 1 aromatic rings. The highest BCUT2D eigenvalue weighted by atomic mass is 16.5. The van der Waals surface area contributed by atoms with E-state index in [1.165, 1.54) is 11.3 Å². The summed E-state index contributed by atoms with van der Waals surface area (Å²) in [4.78, 5) is 2.24. The Bertz CT molecular complexity index is 351. The smallest absolute Gasteiger partial charge is 0.119 e. The van der Waals surface area contributed by atoms with Crippen LogP contribution in [-0.2, 0) is 6.42 Å². The molecule has 82 valence electrons. The number of fused-ring (bicyclic) bond motifs is 1. The van der Waals surface area contributed by atoms with Gasteiger partial charge in [-0.2, -0.15) is 0 Å². The Balaban J connectivity index is 2.24. The molecule has 0 bridgehead atoms. The van der Waals surface area contributed by atoms with Gasteiger partial charge in [0.1, 0.15) is 5.75 Å². The zero-order valence-corrected chi connectivity index (χ0v) is 9.23. The van der Waals surface area contributed by atoms with Crippen LogP contribution in [0.25, 0.3) is 0 Å². The van der Waals surface area contributed by atoms with Gasteiger partial charge in [0, 0.05) is 25.4 Å². The summed E-state index contributed by atoms with van der Waals surface area (Å²) in [6.45, 7) is 0.250. The Kier molecular flexibility index (Phi) is 2.82. The van der Waals surface area contributed by atoms with Crippen LogP contribution in [0.4, 0.5) is 5.69 Å². The van der Waals surface area contributed by atoms with Gasteiger partial charge in [0.05, 0.1) is 7.11 Å². The summed E-state index contributed by atoms with van der Waals surface area (Å²) in [6.07, 6.45) is 1.83. The number of anilines is 1. The summed E-state index contributed by atoms with van der Waals surface area (Å²) in [5, 5.41) is 8.97. The number of hydrogen-bond donors (Lipinski definition) is 1. The van der Waals surface area contributed by atoms with Crippen LogP contribution in [0.15, 0.2) is 18.2 Å². The number of methoxy groups -OCH3 is 1. The van der Waals surface area contributed by atoms with E-state index in [-0.39, 0.29) is 6.61 Å². The molecular weight excluding hydrogens is 190 g/mol. The van der Waals surface area contributed by atoms with Crippen molar-refractivity contribution in [1.29, 1.82) is 0 Å². The predicted molar refractivity (Wildman–Crippen MR) is 60.6 cm³/mol. The van der Waals surface area contributed by atoms with Crippen LogP contribution in [0.5, 0.6) is 5.75 Å². The molecule has 0 saturated carbocycles. The van der Waals surface area contributed by atoms with Crippen LogP contribution in [0.1, 0.15) is 12.0 Å². The third kappa shape index (κ3) is 1.79. The molecule has 0 amide bonds. The Morgan fingerprint density at radius 1 is 1.53 bits per heavy atom. The van der Waals surface area contributed by atoms with E-state index in [0.29, 0.717) is 6.04 Å². The van der Waals surface area contributed by atoms with Gasteiger partial charge in [0.25, 0.3) is 0 Å². The summed E-state index contributed by atoms with van der Waals surface area (Å²) in [5.74, 6) is 0.909. The standard InChI is InChI=1S/C12H17NO2/c1-13-10(5-6-14)7-9-8-11(15-2)3-4-12(9)13/h3-4,8,10,14H,5-7H2,1-2H3. The second-order valence-electron chi connectivity index (χ2n) is 3.98. The fraction of sp³-hybridized carbons (Fsp3) is 0.500. The summed E-state index contributed by atoms with van der Waals surface area (Å²) in [5.41, 5.74) is 2.57. The van der Waals surface area contributed by atoms with E-state index in [1.807, 2.05) is 6.07 Å². The lowest BCUT2D eigenvalue weighted by Crippen LogP contribution is -2.28. The highest BCUT2D eigenvalue weighted by Crippen LogP contribution is 2.34. The van der Waals surface area contributed by atoms with Crippen LogP contribution < -0.4 is 9.64 Å². The summed E-state index contributed by atoms with van der Waals surface area (Å²) >= 11 is 0. The predicted octanol–water partition coefficient (Wildman–Crippen LogP) is 1.44. The Morgan fingerprint density at radius 3 is 3.00 bits per heavy atom. The van der Waals surface area contributed by atoms with Crippen molar-refractivity contribution in [3.8, 4) is 5.75 Å². The molecule has 1 aromatic carbocycles. The highest BCUT2D eigenvalue weighted by molar-refractivity contribution is 5.61. The minimum atomic E-state index is 0.250. The van der Waals surface area contributed by atoms with E-state index in [2.05, 4.69) is 24.1 Å². The fourth-order valence-electron chi connectivity index (χ4n) is 2.23. The van der Waals surface area contributed by atoms with Crippen LogP contribution in [0.3, 0.4) is 0 Å². The van der Waals surface area contributed by atoms with Crippen LogP contribution in [0.2, 0.25) is 0 Å². The maximum absolute atomic E-state index is 8.97. The van der Waals surface area contributed by atoms with Crippen molar-refractivity contribution in [2.45, 2.75) is 18.9 Å². The van der Waals surface area contributed by atoms with Crippen molar-refractivity contribution < 1.29 is 9.84 Å². The molecule has 0 aliphatic carbocycles. The zero-order valence-electron chi connectivity index (χ0n) is 9.23. The van der Waals surface area contributed by atoms with E-state index < -0.39 is 0 Å². The molecule has 2 rings (SSSR count). The molecule has 1 aliphatic rings. The van der Waals surface area contributed by atoms with Gasteiger partial charge in [-0.05, 0) is 36.6 Å². The molecule has 0 radical (unpaired) electrons. The number of rotatable bonds is 3. The van der Waals surface area contributed by atoms with Gasteiger partial charge in [0.15, 0.2) is 0 Å².